The maximum absolute atomic E-state index is 13.0. The number of urea groups is 1. The predicted octanol–water partition coefficient (Wildman–Crippen LogP) is 4.79. The zero-order chi connectivity index (χ0) is 19.3. The molecule has 5 fully saturated rings. The Hall–Kier alpha value is -0.970. The number of carbonyl (C=O) groups is 1. The molecular formula is C22H29Cl2N3O. The molecule has 0 unspecified atom stereocenters. The molecule has 4 saturated carbocycles. The minimum Gasteiger partial charge on any atom is -0.333 e. The summed E-state index contributed by atoms with van der Waals surface area (Å²) in [7, 11) is 0. The van der Waals surface area contributed by atoms with Gasteiger partial charge in [0.2, 0.25) is 0 Å². The third-order valence-electron chi connectivity index (χ3n) is 7.46. The molecule has 28 heavy (non-hydrogen) atoms. The number of halogens is 2. The van der Waals surface area contributed by atoms with Gasteiger partial charge in [0.15, 0.2) is 0 Å². The van der Waals surface area contributed by atoms with Crippen LogP contribution in [-0.4, -0.2) is 47.5 Å². The maximum atomic E-state index is 13.0. The molecule has 4 nitrogen and oxygen atoms in total. The number of carbonyl (C=O) groups excluding carboxylic acids is 1. The lowest BCUT2D eigenvalue weighted by atomic mass is 9.53. The van der Waals surface area contributed by atoms with Crippen LogP contribution in [0.25, 0.3) is 0 Å². The number of nitrogens with zero attached hydrogens (tertiary/aromatic N) is 2. The van der Waals surface area contributed by atoms with Crippen LogP contribution in [-0.2, 0) is 6.54 Å². The highest BCUT2D eigenvalue weighted by molar-refractivity contribution is 6.42. The van der Waals surface area contributed by atoms with Gasteiger partial charge in [-0.15, -0.1) is 0 Å². The largest absolute Gasteiger partial charge is 0.333 e. The zero-order valence-corrected chi connectivity index (χ0v) is 17.8. The van der Waals surface area contributed by atoms with E-state index in [1.165, 1.54) is 44.1 Å². The predicted molar refractivity (Wildman–Crippen MR) is 113 cm³/mol. The number of piperazine rings is 1. The quantitative estimate of drug-likeness (QED) is 0.761. The number of nitrogens with one attached hydrogen (secondary N) is 1. The Morgan fingerprint density at radius 3 is 2.14 bits per heavy atom. The second kappa shape index (κ2) is 7.37. The monoisotopic (exact) mass is 421 g/mol. The molecule has 1 aliphatic heterocycles. The molecule has 5 aliphatic rings. The van der Waals surface area contributed by atoms with E-state index in [9.17, 15) is 4.79 Å². The van der Waals surface area contributed by atoms with Crippen LogP contribution in [0.15, 0.2) is 18.2 Å². The minimum absolute atomic E-state index is 0.100. The molecule has 0 radical (unpaired) electrons. The van der Waals surface area contributed by atoms with E-state index in [-0.39, 0.29) is 11.6 Å². The van der Waals surface area contributed by atoms with Crippen LogP contribution in [0.5, 0.6) is 0 Å². The Bertz CT molecular complexity index is 725. The van der Waals surface area contributed by atoms with Crippen molar-refractivity contribution >= 4 is 29.2 Å². The summed E-state index contributed by atoms with van der Waals surface area (Å²) in [5, 5.41) is 4.71. The van der Waals surface area contributed by atoms with E-state index >= 15 is 0 Å². The van der Waals surface area contributed by atoms with Gasteiger partial charge in [-0.05, 0) is 74.0 Å². The smallest absolute Gasteiger partial charge is 0.317 e. The number of rotatable bonds is 3. The van der Waals surface area contributed by atoms with Crippen molar-refractivity contribution < 1.29 is 4.79 Å². The molecule has 1 aromatic rings. The first-order valence-corrected chi connectivity index (χ1v) is 11.5. The molecule has 1 N–H and O–H groups in total. The molecule has 0 atom stereocenters. The fraction of sp³-hybridized carbons (Fsp3) is 0.682. The Kier molecular flexibility index (Phi) is 5.01. The summed E-state index contributed by atoms with van der Waals surface area (Å²) in [6, 6.07) is 5.99. The summed E-state index contributed by atoms with van der Waals surface area (Å²) in [4.78, 5) is 17.4. The zero-order valence-electron chi connectivity index (χ0n) is 16.3. The molecule has 2 amide bonds. The highest BCUT2D eigenvalue weighted by Gasteiger charge is 2.51. The highest BCUT2D eigenvalue weighted by atomic mass is 35.5. The highest BCUT2D eigenvalue weighted by Crippen LogP contribution is 2.55. The molecule has 0 aromatic heterocycles. The Morgan fingerprint density at radius 1 is 0.964 bits per heavy atom. The summed E-state index contributed by atoms with van der Waals surface area (Å²) in [5.41, 5.74) is 1.27. The van der Waals surface area contributed by atoms with Crippen LogP contribution in [0, 0.1) is 17.8 Å². The van der Waals surface area contributed by atoms with Gasteiger partial charge in [-0.2, -0.15) is 0 Å². The van der Waals surface area contributed by atoms with Crippen LogP contribution in [0.3, 0.4) is 0 Å². The maximum Gasteiger partial charge on any atom is 0.317 e. The van der Waals surface area contributed by atoms with Crippen LogP contribution < -0.4 is 5.32 Å². The van der Waals surface area contributed by atoms with Crippen LogP contribution >= 0.6 is 23.2 Å². The number of benzene rings is 1. The van der Waals surface area contributed by atoms with Gasteiger partial charge in [0.05, 0.1) is 10.0 Å². The lowest BCUT2D eigenvalue weighted by Gasteiger charge is -2.57. The van der Waals surface area contributed by atoms with E-state index in [1.54, 1.807) is 0 Å². The number of hydrogen-bond acceptors (Lipinski definition) is 2. The minimum atomic E-state index is 0.100. The average Bonchev–Trinajstić information content (AvgIpc) is 2.64. The van der Waals surface area contributed by atoms with Crippen molar-refractivity contribution in [3.63, 3.8) is 0 Å². The fourth-order valence-corrected chi connectivity index (χ4v) is 6.90. The normalized spacial score (nSPS) is 34.6. The van der Waals surface area contributed by atoms with Gasteiger partial charge in [0.25, 0.3) is 0 Å². The lowest BCUT2D eigenvalue weighted by molar-refractivity contribution is -0.0165. The SMILES string of the molecule is O=C(NC12CC3CC(CC(C3)C1)C2)N1CCN(Cc2ccc(Cl)c(Cl)c2)CC1. The molecule has 0 spiro atoms. The average molecular weight is 422 g/mol. The Morgan fingerprint density at radius 2 is 1.57 bits per heavy atom. The molecule has 152 valence electrons. The number of amides is 2. The van der Waals surface area contributed by atoms with Crippen molar-refractivity contribution in [3.8, 4) is 0 Å². The first-order chi connectivity index (χ1) is 13.5. The van der Waals surface area contributed by atoms with E-state index in [0.717, 1.165) is 50.5 Å². The first kappa shape index (κ1) is 19.0. The second-order valence-corrected chi connectivity index (χ2v) is 10.5. The van der Waals surface area contributed by atoms with Gasteiger partial charge in [0, 0.05) is 38.3 Å². The van der Waals surface area contributed by atoms with E-state index in [0.29, 0.717) is 10.0 Å². The van der Waals surface area contributed by atoms with Crippen molar-refractivity contribution in [2.75, 3.05) is 26.2 Å². The van der Waals surface area contributed by atoms with Crippen LogP contribution in [0.1, 0.15) is 44.1 Å². The van der Waals surface area contributed by atoms with Gasteiger partial charge in [0.1, 0.15) is 0 Å². The van der Waals surface area contributed by atoms with E-state index in [2.05, 4.69) is 10.2 Å². The Balaban J connectivity index is 1.15. The lowest BCUT2D eigenvalue weighted by Crippen LogP contribution is -2.63. The number of hydrogen-bond donors (Lipinski definition) is 1. The van der Waals surface area contributed by atoms with Gasteiger partial charge in [-0.25, -0.2) is 4.79 Å². The molecule has 4 aliphatic carbocycles. The molecule has 1 heterocycles. The standard InChI is InChI=1S/C22H29Cl2N3O/c23-19-2-1-15(10-20(19)24)14-26-3-5-27(6-4-26)21(28)25-22-11-16-7-17(12-22)9-18(8-16)13-22/h1-2,10,16-18H,3-9,11-14H2,(H,25,28). The van der Waals surface area contributed by atoms with Gasteiger partial charge in [-0.3, -0.25) is 4.90 Å². The van der Waals surface area contributed by atoms with Gasteiger partial charge in [-0.1, -0.05) is 29.3 Å². The van der Waals surface area contributed by atoms with E-state index in [1.807, 2.05) is 23.1 Å². The van der Waals surface area contributed by atoms with E-state index in [4.69, 9.17) is 23.2 Å². The van der Waals surface area contributed by atoms with Gasteiger partial charge < -0.3 is 10.2 Å². The summed E-state index contributed by atoms with van der Waals surface area (Å²) < 4.78 is 0. The fourth-order valence-electron chi connectivity index (χ4n) is 6.57. The van der Waals surface area contributed by atoms with Crippen molar-refractivity contribution in [1.29, 1.82) is 0 Å². The van der Waals surface area contributed by atoms with Gasteiger partial charge >= 0.3 is 6.03 Å². The molecule has 4 bridgehead atoms. The Labute approximate surface area is 177 Å². The van der Waals surface area contributed by atoms with Crippen LogP contribution in [0.2, 0.25) is 10.0 Å². The van der Waals surface area contributed by atoms with Crippen molar-refractivity contribution in [3.05, 3.63) is 33.8 Å². The second-order valence-electron chi connectivity index (χ2n) is 9.64. The molecule has 6 heteroatoms. The summed E-state index contributed by atoms with van der Waals surface area (Å²) in [6.07, 6.45) is 7.85. The summed E-state index contributed by atoms with van der Waals surface area (Å²) >= 11 is 12.1. The molecular weight excluding hydrogens is 393 g/mol. The third-order valence-corrected chi connectivity index (χ3v) is 8.20. The van der Waals surface area contributed by atoms with Crippen molar-refractivity contribution in [2.24, 2.45) is 17.8 Å². The van der Waals surface area contributed by atoms with Crippen molar-refractivity contribution in [1.82, 2.24) is 15.1 Å². The molecule has 6 rings (SSSR count). The summed E-state index contributed by atoms with van der Waals surface area (Å²) in [5.74, 6) is 2.57. The first-order valence-electron chi connectivity index (χ1n) is 10.7. The van der Waals surface area contributed by atoms with E-state index < -0.39 is 0 Å². The van der Waals surface area contributed by atoms with Crippen LogP contribution in [0.4, 0.5) is 4.79 Å². The molecule has 1 saturated heterocycles. The topological polar surface area (TPSA) is 35.6 Å². The molecule has 1 aromatic carbocycles. The summed E-state index contributed by atoms with van der Waals surface area (Å²) in [6.45, 7) is 4.23. The third kappa shape index (κ3) is 3.76. The van der Waals surface area contributed by atoms with Crippen molar-refractivity contribution in [2.45, 2.75) is 50.6 Å².